The summed E-state index contributed by atoms with van der Waals surface area (Å²) in [4.78, 5) is 12.5. The number of carbonyl (C=O) groups is 1. The van der Waals surface area contributed by atoms with Crippen LogP contribution in [0.3, 0.4) is 0 Å². The molecule has 6 nitrogen and oxygen atoms in total. The predicted octanol–water partition coefficient (Wildman–Crippen LogP) is 1.97. The average molecular weight is 375 g/mol. The molecule has 3 N–H and O–H groups in total. The molecule has 2 unspecified atom stereocenters. The summed E-state index contributed by atoms with van der Waals surface area (Å²) in [7, 11) is 0. The second kappa shape index (κ2) is 8.75. The van der Waals surface area contributed by atoms with Gasteiger partial charge in [0, 0.05) is 18.7 Å². The van der Waals surface area contributed by atoms with Crippen molar-refractivity contribution in [1.29, 1.82) is 0 Å². The Kier molecular flexibility index (Phi) is 6.88. The fourth-order valence-corrected chi connectivity index (χ4v) is 3.46. The zero-order chi connectivity index (χ0) is 20.2. The molecule has 1 aromatic rings. The van der Waals surface area contributed by atoms with Gasteiger partial charge in [-0.25, -0.2) is 4.79 Å². The summed E-state index contributed by atoms with van der Waals surface area (Å²) in [6, 6.07) is 3.93. The number of aliphatic carboxylic acids is 1. The second-order valence-corrected chi connectivity index (χ2v) is 7.56. The van der Waals surface area contributed by atoms with Crippen molar-refractivity contribution in [2.45, 2.75) is 58.3 Å². The predicted molar refractivity (Wildman–Crippen MR) is 104 cm³/mol. The highest BCUT2D eigenvalue weighted by atomic mass is 16.5. The molecule has 2 rings (SSSR count). The van der Waals surface area contributed by atoms with Crippen LogP contribution in [0.5, 0.6) is 0 Å². The molecule has 6 heteroatoms. The van der Waals surface area contributed by atoms with Crippen molar-refractivity contribution < 1.29 is 24.9 Å². The number of benzene rings is 1. The summed E-state index contributed by atoms with van der Waals surface area (Å²) in [6.45, 7) is 7.99. The summed E-state index contributed by atoms with van der Waals surface area (Å²) in [6.07, 6.45) is 0.640. The van der Waals surface area contributed by atoms with E-state index in [2.05, 4.69) is 22.8 Å². The lowest BCUT2D eigenvalue weighted by molar-refractivity contribution is -0.141. The van der Waals surface area contributed by atoms with Crippen LogP contribution in [0, 0.1) is 25.7 Å². The summed E-state index contributed by atoms with van der Waals surface area (Å²) in [5.74, 6) is 4.76. The fourth-order valence-electron chi connectivity index (χ4n) is 3.46. The normalized spacial score (nSPS) is 19.7. The van der Waals surface area contributed by atoms with E-state index in [-0.39, 0.29) is 19.3 Å². The molecular formula is C21H29NO5. The number of hydrogen-bond acceptors (Lipinski definition) is 5. The molecule has 0 bridgehead atoms. The van der Waals surface area contributed by atoms with Crippen LogP contribution in [0.25, 0.3) is 0 Å². The van der Waals surface area contributed by atoms with Gasteiger partial charge in [-0.3, -0.25) is 0 Å². The van der Waals surface area contributed by atoms with E-state index in [1.165, 1.54) is 0 Å². The van der Waals surface area contributed by atoms with E-state index >= 15 is 0 Å². The molecule has 1 aromatic carbocycles. The molecule has 2 atom stereocenters. The number of aliphatic hydroxyl groups excluding tert-OH is 1. The first-order valence-corrected chi connectivity index (χ1v) is 9.15. The molecule has 0 aliphatic carbocycles. The molecule has 1 fully saturated rings. The van der Waals surface area contributed by atoms with E-state index in [4.69, 9.17) is 9.84 Å². The number of hydrogen-bond donors (Lipinski definition) is 3. The minimum absolute atomic E-state index is 0.0571. The minimum Gasteiger partial charge on any atom is -0.480 e. The quantitative estimate of drug-likeness (QED) is 0.520. The van der Waals surface area contributed by atoms with Crippen LogP contribution in [0.2, 0.25) is 0 Å². The van der Waals surface area contributed by atoms with Crippen molar-refractivity contribution in [2.75, 3.05) is 24.7 Å². The van der Waals surface area contributed by atoms with E-state index in [9.17, 15) is 15.0 Å². The van der Waals surface area contributed by atoms with Crippen LogP contribution in [0.4, 0.5) is 5.69 Å². The summed E-state index contributed by atoms with van der Waals surface area (Å²) in [5, 5.41) is 29.4. The Morgan fingerprint density at radius 2 is 2.04 bits per heavy atom. The zero-order valence-electron chi connectivity index (χ0n) is 16.5. The molecular weight excluding hydrogens is 346 g/mol. The smallest absolute Gasteiger partial charge is 0.329 e. The van der Waals surface area contributed by atoms with Gasteiger partial charge < -0.3 is 25.0 Å². The number of carboxylic acids is 1. The first-order chi connectivity index (χ1) is 12.6. The van der Waals surface area contributed by atoms with Crippen LogP contribution in [-0.4, -0.2) is 53.2 Å². The molecule has 27 heavy (non-hydrogen) atoms. The van der Waals surface area contributed by atoms with Crippen molar-refractivity contribution in [3.05, 3.63) is 28.8 Å². The topological polar surface area (TPSA) is 90.2 Å². The van der Waals surface area contributed by atoms with E-state index in [1.54, 1.807) is 13.8 Å². The van der Waals surface area contributed by atoms with Crippen LogP contribution in [0.1, 0.15) is 43.4 Å². The molecule has 0 aromatic heterocycles. The lowest BCUT2D eigenvalue weighted by Crippen LogP contribution is -2.35. The Morgan fingerprint density at radius 1 is 1.33 bits per heavy atom. The highest BCUT2D eigenvalue weighted by molar-refractivity contribution is 5.68. The van der Waals surface area contributed by atoms with Crippen LogP contribution in [-0.2, 0) is 15.1 Å². The Balaban J connectivity index is 2.16. The van der Waals surface area contributed by atoms with E-state index < -0.39 is 17.7 Å². The largest absolute Gasteiger partial charge is 0.480 e. The third-order valence-electron chi connectivity index (χ3n) is 4.99. The first kappa shape index (κ1) is 21.2. The highest BCUT2D eigenvalue weighted by Crippen LogP contribution is 2.34. The van der Waals surface area contributed by atoms with Crippen LogP contribution < -0.4 is 4.90 Å². The van der Waals surface area contributed by atoms with Crippen molar-refractivity contribution in [1.82, 2.24) is 0 Å². The molecule has 1 saturated heterocycles. The van der Waals surface area contributed by atoms with Crippen molar-refractivity contribution >= 4 is 11.7 Å². The second-order valence-electron chi connectivity index (χ2n) is 7.56. The van der Waals surface area contributed by atoms with Gasteiger partial charge in [0.15, 0.2) is 0 Å². The highest BCUT2D eigenvalue weighted by Gasteiger charge is 2.33. The average Bonchev–Trinajstić information content (AvgIpc) is 2.92. The molecule has 1 heterocycles. The summed E-state index contributed by atoms with van der Waals surface area (Å²) < 4.78 is 4.90. The minimum atomic E-state index is -1.02. The maximum absolute atomic E-state index is 10.5. The maximum Gasteiger partial charge on any atom is 0.329 e. The number of aryl methyl sites for hydroxylation is 1. The molecule has 0 radical (unpaired) electrons. The number of aliphatic hydroxyl groups is 2. The van der Waals surface area contributed by atoms with Gasteiger partial charge in [0.05, 0.1) is 17.7 Å². The SMILES string of the molecule is Cc1cc(N2CCC(O)C2CC#CCOCC(=O)O)cc(C(C)(C)O)c1C. The number of rotatable bonds is 6. The van der Waals surface area contributed by atoms with Gasteiger partial charge in [0.25, 0.3) is 0 Å². The van der Waals surface area contributed by atoms with E-state index in [0.29, 0.717) is 12.8 Å². The van der Waals surface area contributed by atoms with Gasteiger partial charge in [-0.2, -0.15) is 0 Å². The van der Waals surface area contributed by atoms with Gasteiger partial charge in [-0.05, 0) is 62.9 Å². The Morgan fingerprint density at radius 3 is 2.67 bits per heavy atom. The third-order valence-corrected chi connectivity index (χ3v) is 4.99. The number of nitrogens with zero attached hydrogens (tertiary/aromatic N) is 1. The van der Waals surface area contributed by atoms with Crippen molar-refractivity contribution in [3.63, 3.8) is 0 Å². The van der Waals surface area contributed by atoms with Crippen molar-refractivity contribution in [2.24, 2.45) is 0 Å². The Labute approximate surface area is 160 Å². The number of ether oxygens (including phenoxy) is 1. The van der Waals surface area contributed by atoms with E-state index in [1.807, 2.05) is 19.9 Å². The number of carboxylic acid groups (broad SMARTS) is 1. The molecule has 0 spiro atoms. The van der Waals surface area contributed by atoms with Crippen molar-refractivity contribution in [3.8, 4) is 11.8 Å². The van der Waals surface area contributed by atoms with Gasteiger partial charge >= 0.3 is 5.97 Å². The molecule has 0 amide bonds. The van der Waals surface area contributed by atoms with Crippen LogP contribution >= 0.6 is 0 Å². The van der Waals surface area contributed by atoms with Crippen LogP contribution in [0.15, 0.2) is 12.1 Å². The lowest BCUT2D eigenvalue weighted by Gasteiger charge is -2.30. The monoisotopic (exact) mass is 375 g/mol. The van der Waals surface area contributed by atoms with Gasteiger partial charge in [0.1, 0.15) is 13.2 Å². The van der Waals surface area contributed by atoms with Gasteiger partial charge in [0.2, 0.25) is 0 Å². The lowest BCUT2D eigenvalue weighted by atomic mass is 9.90. The maximum atomic E-state index is 10.5. The Hall–Kier alpha value is -2.07. The van der Waals surface area contributed by atoms with Gasteiger partial charge in [-0.15, -0.1) is 0 Å². The third kappa shape index (κ3) is 5.46. The van der Waals surface area contributed by atoms with E-state index in [0.717, 1.165) is 28.9 Å². The standard InChI is InChI=1S/C21H29NO5/c1-14-11-16(12-17(15(14)2)21(3,4)26)22-9-8-19(23)18(22)7-5-6-10-27-13-20(24)25/h11-12,18-19,23,26H,7-10,13H2,1-4H3,(H,24,25). The molecule has 148 valence electrons. The fraction of sp³-hybridized carbons (Fsp3) is 0.571. The summed E-state index contributed by atoms with van der Waals surface area (Å²) in [5.41, 5.74) is 3.07. The first-order valence-electron chi connectivity index (χ1n) is 9.15. The zero-order valence-corrected chi connectivity index (χ0v) is 16.5. The molecule has 0 saturated carbocycles. The summed E-state index contributed by atoms with van der Waals surface area (Å²) >= 11 is 0. The molecule has 1 aliphatic rings. The Bertz CT molecular complexity index is 741. The number of anilines is 1. The van der Waals surface area contributed by atoms with Gasteiger partial charge in [-0.1, -0.05) is 11.8 Å². The molecule has 1 aliphatic heterocycles.